The minimum Gasteiger partial charge on any atom is -0.465 e. The van der Waals surface area contributed by atoms with E-state index in [4.69, 9.17) is 4.74 Å². The van der Waals surface area contributed by atoms with Gasteiger partial charge in [-0.2, -0.15) is 0 Å². The van der Waals surface area contributed by atoms with E-state index in [1.165, 1.54) is 7.11 Å². The van der Waals surface area contributed by atoms with Crippen molar-refractivity contribution in [3.8, 4) is 11.1 Å². The van der Waals surface area contributed by atoms with Gasteiger partial charge >= 0.3 is 5.97 Å². The van der Waals surface area contributed by atoms with Gasteiger partial charge in [-0.3, -0.25) is 4.90 Å². The van der Waals surface area contributed by atoms with Crippen molar-refractivity contribution in [3.05, 3.63) is 81.6 Å². The second kappa shape index (κ2) is 10.7. The van der Waals surface area contributed by atoms with Crippen LogP contribution in [0.15, 0.2) is 69.8 Å². The van der Waals surface area contributed by atoms with Crippen LogP contribution in [0.2, 0.25) is 0 Å². The van der Waals surface area contributed by atoms with Gasteiger partial charge in [0.25, 0.3) is 0 Å². The minimum absolute atomic E-state index is 0.00436. The van der Waals surface area contributed by atoms with E-state index in [-0.39, 0.29) is 10.6 Å². The maximum absolute atomic E-state index is 12.8. The van der Waals surface area contributed by atoms with E-state index in [2.05, 4.69) is 20.9 Å². The van der Waals surface area contributed by atoms with Gasteiger partial charge in [-0.15, -0.1) is 0 Å². The van der Waals surface area contributed by atoms with E-state index in [0.29, 0.717) is 28.1 Å². The van der Waals surface area contributed by atoms with Crippen LogP contribution in [-0.4, -0.2) is 32.2 Å². The monoisotopic (exact) mass is 556 g/mol. The van der Waals surface area contributed by atoms with Gasteiger partial charge in [-0.05, 0) is 96.2 Å². The Morgan fingerprint density at radius 1 is 1.14 bits per heavy atom. The average molecular weight is 558 g/mol. The molecule has 35 heavy (non-hydrogen) atoms. The first kappa shape index (κ1) is 26.6. The summed E-state index contributed by atoms with van der Waals surface area (Å²) in [6.45, 7) is 9.34. The number of sulfone groups is 1. The first-order valence-electron chi connectivity index (χ1n) is 11.1. The second-order valence-corrected chi connectivity index (χ2v) is 11.3. The summed E-state index contributed by atoms with van der Waals surface area (Å²) in [6.07, 6.45) is 3.75. The van der Waals surface area contributed by atoms with Crippen LogP contribution in [0, 0.1) is 13.8 Å². The number of methoxy groups -OCH3 is 1. The summed E-state index contributed by atoms with van der Waals surface area (Å²) in [7, 11) is -2.05. The number of halogens is 1. The van der Waals surface area contributed by atoms with Crippen LogP contribution in [0.5, 0.6) is 0 Å². The highest BCUT2D eigenvalue weighted by Crippen LogP contribution is 2.39. The summed E-state index contributed by atoms with van der Waals surface area (Å²) in [5.74, 6) is 0.200. The standard InChI is InChI=1S/C27H29BrN2O4S/c1-7-18(4)30(26-24(28)12-17(3)16-29-26)25-15-21(14-23(19(25)5)27(31)34-6)20-10-9-11-22(13-20)35(32,33)8-2/h7,9-16H,8H2,1-6H3/b18-7-. The Bertz CT molecular complexity index is 1410. The summed E-state index contributed by atoms with van der Waals surface area (Å²) >= 11 is 3.64. The summed E-state index contributed by atoms with van der Waals surface area (Å²) in [5, 5.41) is 0. The number of benzene rings is 2. The van der Waals surface area contributed by atoms with Crippen molar-refractivity contribution < 1.29 is 17.9 Å². The van der Waals surface area contributed by atoms with Gasteiger partial charge in [0.1, 0.15) is 0 Å². The van der Waals surface area contributed by atoms with Gasteiger partial charge < -0.3 is 4.74 Å². The Morgan fingerprint density at radius 3 is 2.46 bits per heavy atom. The smallest absolute Gasteiger partial charge is 0.338 e. The fraction of sp³-hybridized carbons (Fsp3) is 0.259. The molecule has 6 nitrogen and oxygen atoms in total. The largest absolute Gasteiger partial charge is 0.465 e. The molecule has 0 unspecified atom stereocenters. The van der Waals surface area contributed by atoms with Gasteiger partial charge in [0.15, 0.2) is 15.7 Å². The lowest BCUT2D eigenvalue weighted by Gasteiger charge is -2.29. The fourth-order valence-electron chi connectivity index (χ4n) is 3.75. The van der Waals surface area contributed by atoms with Crippen molar-refractivity contribution in [2.24, 2.45) is 0 Å². The number of carbonyl (C=O) groups is 1. The molecule has 184 valence electrons. The van der Waals surface area contributed by atoms with Crippen LogP contribution in [0.4, 0.5) is 11.5 Å². The Labute approximate surface area is 215 Å². The lowest BCUT2D eigenvalue weighted by atomic mass is 9.97. The van der Waals surface area contributed by atoms with Crippen molar-refractivity contribution >= 4 is 43.2 Å². The lowest BCUT2D eigenvalue weighted by molar-refractivity contribution is 0.0600. The summed E-state index contributed by atoms with van der Waals surface area (Å²) in [6, 6.07) is 12.4. The molecule has 3 aromatic rings. The molecule has 0 saturated carbocycles. The highest BCUT2D eigenvalue weighted by atomic mass is 79.9. The van der Waals surface area contributed by atoms with Gasteiger partial charge in [0.05, 0.1) is 33.5 Å². The Hall–Kier alpha value is -2.97. The number of ether oxygens (including phenoxy) is 1. The molecule has 0 aliphatic heterocycles. The fourth-order valence-corrected chi connectivity index (χ4v) is 5.31. The van der Waals surface area contributed by atoms with Crippen molar-refractivity contribution in [1.29, 1.82) is 0 Å². The molecule has 0 bridgehead atoms. The molecule has 0 aliphatic rings. The third-order valence-electron chi connectivity index (χ3n) is 5.87. The van der Waals surface area contributed by atoms with Gasteiger partial charge in [0, 0.05) is 11.9 Å². The quantitative estimate of drug-likeness (QED) is 0.299. The first-order valence-corrected chi connectivity index (χ1v) is 13.6. The third kappa shape index (κ3) is 5.49. The molecular formula is C27H29BrN2O4S. The Morgan fingerprint density at radius 2 is 1.86 bits per heavy atom. The van der Waals surface area contributed by atoms with Crippen LogP contribution in [0.1, 0.15) is 42.3 Å². The van der Waals surface area contributed by atoms with Crippen LogP contribution in [0.3, 0.4) is 0 Å². The maximum atomic E-state index is 12.8. The zero-order valence-corrected chi connectivity index (χ0v) is 23.1. The number of pyridine rings is 1. The molecular weight excluding hydrogens is 528 g/mol. The first-order chi connectivity index (χ1) is 16.5. The molecule has 0 atom stereocenters. The molecule has 0 fully saturated rings. The Kier molecular flexibility index (Phi) is 8.18. The summed E-state index contributed by atoms with van der Waals surface area (Å²) in [4.78, 5) is 19.7. The number of esters is 1. The number of hydrogen-bond acceptors (Lipinski definition) is 6. The molecule has 8 heteroatoms. The molecule has 0 amide bonds. The van der Waals surface area contributed by atoms with E-state index < -0.39 is 15.8 Å². The van der Waals surface area contributed by atoms with E-state index >= 15 is 0 Å². The number of hydrogen-bond donors (Lipinski definition) is 0. The third-order valence-corrected chi connectivity index (χ3v) is 8.19. The zero-order chi connectivity index (χ0) is 25.9. The molecule has 2 aromatic carbocycles. The number of carbonyl (C=O) groups excluding carboxylic acids is 1. The maximum Gasteiger partial charge on any atom is 0.338 e. The van der Waals surface area contributed by atoms with Gasteiger partial charge in [-0.25, -0.2) is 18.2 Å². The molecule has 1 aromatic heterocycles. The van der Waals surface area contributed by atoms with E-state index in [9.17, 15) is 13.2 Å². The SMILES string of the molecule is C/C=C(/C)N(c1cc(-c2cccc(S(=O)(=O)CC)c2)cc(C(=O)OC)c1C)c1ncc(C)cc1Br. The molecule has 1 heterocycles. The molecule has 0 N–H and O–H groups in total. The molecule has 0 saturated heterocycles. The molecule has 0 spiro atoms. The molecule has 0 radical (unpaired) electrons. The number of anilines is 2. The number of aryl methyl sites for hydroxylation is 1. The van der Waals surface area contributed by atoms with E-state index in [1.54, 1.807) is 37.4 Å². The lowest BCUT2D eigenvalue weighted by Crippen LogP contribution is -2.19. The highest BCUT2D eigenvalue weighted by Gasteiger charge is 2.23. The van der Waals surface area contributed by atoms with Crippen LogP contribution in [0.25, 0.3) is 11.1 Å². The highest BCUT2D eigenvalue weighted by molar-refractivity contribution is 9.10. The number of allylic oxidation sites excluding steroid dienone is 2. The van der Waals surface area contributed by atoms with E-state index in [1.807, 2.05) is 56.9 Å². The second-order valence-electron chi connectivity index (χ2n) is 8.17. The molecule has 0 aliphatic carbocycles. The van der Waals surface area contributed by atoms with Crippen molar-refractivity contribution in [2.75, 3.05) is 17.8 Å². The number of aromatic nitrogens is 1. The predicted octanol–water partition coefficient (Wildman–Crippen LogP) is 6.77. The topological polar surface area (TPSA) is 76.6 Å². The summed E-state index contributed by atoms with van der Waals surface area (Å²) < 4.78 is 30.9. The molecule has 3 rings (SSSR count). The summed E-state index contributed by atoms with van der Waals surface area (Å²) in [5.41, 5.74) is 5.12. The normalized spacial score (nSPS) is 11.9. The van der Waals surface area contributed by atoms with Crippen LogP contribution < -0.4 is 4.90 Å². The van der Waals surface area contributed by atoms with Crippen molar-refractivity contribution in [3.63, 3.8) is 0 Å². The number of nitrogens with zero attached hydrogens (tertiary/aromatic N) is 2. The minimum atomic E-state index is -3.39. The van der Waals surface area contributed by atoms with Crippen molar-refractivity contribution in [1.82, 2.24) is 4.98 Å². The van der Waals surface area contributed by atoms with E-state index in [0.717, 1.165) is 21.4 Å². The van der Waals surface area contributed by atoms with Gasteiger partial charge in [-0.1, -0.05) is 25.1 Å². The van der Waals surface area contributed by atoms with Gasteiger partial charge in [0.2, 0.25) is 0 Å². The number of rotatable bonds is 7. The average Bonchev–Trinajstić information content (AvgIpc) is 2.85. The van der Waals surface area contributed by atoms with Crippen molar-refractivity contribution in [2.45, 2.75) is 39.5 Å². The predicted molar refractivity (Wildman–Crippen MR) is 144 cm³/mol. The Balaban J connectivity index is 2.36. The van der Waals surface area contributed by atoms with Crippen LogP contribution >= 0.6 is 15.9 Å². The zero-order valence-electron chi connectivity index (χ0n) is 20.7. The van der Waals surface area contributed by atoms with Crippen LogP contribution in [-0.2, 0) is 14.6 Å².